The maximum absolute atomic E-state index is 10.2. The maximum atomic E-state index is 10.2. The molecule has 0 aliphatic rings. The molecule has 6 heteroatoms. The van der Waals surface area contributed by atoms with E-state index in [2.05, 4.69) is 0 Å². The summed E-state index contributed by atoms with van der Waals surface area (Å²) in [4.78, 5) is 18.4. The van der Waals surface area contributed by atoms with E-state index in [1.165, 1.54) is 11.4 Å². The molecule has 0 amide bonds. The fourth-order valence-electron chi connectivity index (χ4n) is 0.965. The van der Waals surface area contributed by atoms with E-state index in [0.29, 0.717) is 5.75 Å². The van der Waals surface area contributed by atoms with Gasteiger partial charge in [0.05, 0.1) is 7.11 Å². The highest BCUT2D eigenvalue weighted by Crippen LogP contribution is 2.18. The molecule has 0 saturated carbocycles. The first-order chi connectivity index (χ1) is 7.65. The molecule has 0 heterocycles. The first kappa shape index (κ1) is 13.6. The molecule has 1 aromatic rings. The topological polar surface area (TPSA) is 96.2 Å². The molecule has 0 atom stereocenters. The quantitative estimate of drug-likeness (QED) is 0.465. The number of benzene rings is 1. The Balaban J connectivity index is 0.000000673. The summed E-state index contributed by atoms with van der Waals surface area (Å²) in [6.07, 6.45) is 2.58. The zero-order valence-electron chi connectivity index (χ0n) is 8.53. The third-order valence-electron chi connectivity index (χ3n) is 1.54. The van der Waals surface area contributed by atoms with Gasteiger partial charge in [-0.3, -0.25) is 0 Å². The van der Waals surface area contributed by atoms with Gasteiger partial charge in [-0.25, -0.2) is 4.79 Å². The van der Waals surface area contributed by atoms with Crippen LogP contribution in [-0.4, -0.2) is 23.4 Å². The number of methoxy groups -OCH3 is 1. The lowest BCUT2D eigenvalue weighted by Gasteiger charge is -2.02. The zero-order chi connectivity index (χ0) is 12.4. The fourth-order valence-corrected chi connectivity index (χ4v) is 0.965. The number of aliphatic carboxylic acids is 1. The van der Waals surface area contributed by atoms with Crippen LogP contribution < -0.4 is 4.74 Å². The number of rotatable bonds is 3. The third kappa shape index (κ3) is 5.38. The second-order valence-electron chi connectivity index (χ2n) is 2.50. The van der Waals surface area contributed by atoms with Crippen LogP contribution in [0.5, 0.6) is 5.75 Å². The Morgan fingerprint density at radius 2 is 2.00 bits per heavy atom. The number of nitrogens with zero attached hydrogens (tertiary/aromatic N) is 1. The van der Waals surface area contributed by atoms with Crippen LogP contribution >= 0.6 is 0 Å². The van der Waals surface area contributed by atoms with E-state index in [9.17, 15) is 4.79 Å². The van der Waals surface area contributed by atoms with Gasteiger partial charge in [-0.1, -0.05) is 18.2 Å². The Hall–Kier alpha value is -2.37. The van der Waals surface area contributed by atoms with Gasteiger partial charge in [-0.2, -0.15) is 0 Å². The number of hydrogen-bond acceptors (Lipinski definition) is 4. The molecule has 1 rings (SSSR count). The van der Waals surface area contributed by atoms with Crippen molar-refractivity contribution in [2.24, 2.45) is 5.34 Å². The number of ether oxygens (including phenoxy) is 1. The molecule has 0 aliphatic carbocycles. The Kier molecular flexibility index (Phi) is 6.80. The van der Waals surface area contributed by atoms with Gasteiger partial charge < -0.3 is 15.1 Å². The Morgan fingerprint density at radius 3 is 2.50 bits per heavy atom. The molecule has 86 valence electrons. The van der Waals surface area contributed by atoms with E-state index in [0.717, 1.165) is 11.6 Å². The summed E-state index contributed by atoms with van der Waals surface area (Å²) in [5, 5.41) is 16.3. The molecule has 1 aromatic carbocycles. The summed E-state index contributed by atoms with van der Waals surface area (Å²) in [6, 6.07) is 7.22. The van der Waals surface area contributed by atoms with Gasteiger partial charge >= 0.3 is 5.97 Å². The normalized spacial score (nSPS) is 9.06. The van der Waals surface area contributed by atoms with Crippen molar-refractivity contribution in [1.82, 2.24) is 0 Å². The van der Waals surface area contributed by atoms with Crippen LogP contribution in [0.25, 0.3) is 6.08 Å². The molecule has 0 spiro atoms. The standard InChI is InChI=1S/C10H10O3.HNO2/c1-13-9-5-3-2-4-8(9)6-7-10(11)12;2-1-3/h2-7H,1H3,(H,11,12);(H,2,3). The van der Waals surface area contributed by atoms with Crippen molar-refractivity contribution < 1.29 is 19.8 Å². The minimum Gasteiger partial charge on any atom is -0.496 e. The number of carboxylic acid groups (broad SMARTS) is 1. The van der Waals surface area contributed by atoms with Crippen LogP contribution in [0.4, 0.5) is 0 Å². The van der Waals surface area contributed by atoms with Crippen molar-refractivity contribution >= 4 is 12.0 Å². The minimum absolute atomic E-state index is 0.667. The smallest absolute Gasteiger partial charge is 0.328 e. The summed E-state index contributed by atoms with van der Waals surface area (Å²) in [5.41, 5.74) is 0.757. The molecule has 2 N–H and O–H groups in total. The molecule has 6 nitrogen and oxygen atoms in total. The predicted molar refractivity (Wildman–Crippen MR) is 57.2 cm³/mol. The molecule has 0 aliphatic heterocycles. The van der Waals surface area contributed by atoms with Crippen LogP contribution in [0.2, 0.25) is 0 Å². The van der Waals surface area contributed by atoms with Gasteiger partial charge in [0.25, 0.3) is 0 Å². The molecular formula is C10H11NO5. The van der Waals surface area contributed by atoms with Crippen molar-refractivity contribution in [1.29, 1.82) is 0 Å². The van der Waals surface area contributed by atoms with Crippen molar-refractivity contribution in [3.63, 3.8) is 0 Å². The fraction of sp³-hybridized carbons (Fsp3) is 0.100. The largest absolute Gasteiger partial charge is 0.496 e. The average molecular weight is 225 g/mol. The Labute approximate surface area is 91.7 Å². The number of para-hydroxylation sites is 1. The van der Waals surface area contributed by atoms with Crippen molar-refractivity contribution in [3.05, 3.63) is 40.8 Å². The highest BCUT2D eigenvalue weighted by atomic mass is 16.6. The number of hydrogen-bond donors (Lipinski definition) is 2. The maximum Gasteiger partial charge on any atom is 0.328 e. The van der Waals surface area contributed by atoms with Crippen LogP contribution in [-0.2, 0) is 4.79 Å². The van der Waals surface area contributed by atoms with Gasteiger partial charge in [-0.15, -0.1) is 4.91 Å². The van der Waals surface area contributed by atoms with E-state index >= 15 is 0 Å². The van der Waals surface area contributed by atoms with Crippen molar-refractivity contribution in [2.75, 3.05) is 7.11 Å². The van der Waals surface area contributed by atoms with Crippen LogP contribution in [0.15, 0.2) is 35.7 Å². The Bertz CT molecular complexity index is 375. The van der Waals surface area contributed by atoms with Crippen molar-refractivity contribution in [3.8, 4) is 5.75 Å². The monoisotopic (exact) mass is 225 g/mol. The third-order valence-corrected chi connectivity index (χ3v) is 1.54. The van der Waals surface area contributed by atoms with E-state index in [4.69, 9.17) is 20.0 Å². The second kappa shape index (κ2) is 7.98. The molecule has 0 fully saturated rings. The summed E-state index contributed by atoms with van der Waals surface area (Å²) >= 11 is 0. The first-order valence-electron chi connectivity index (χ1n) is 4.16. The van der Waals surface area contributed by atoms with E-state index in [1.807, 2.05) is 12.1 Å². The SMILES string of the molecule is COc1ccccc1C=CC(=O)O.O=NO. The molecule has 0 bridgehead atoms. The van der Waals surface area contributed by atoms with Crippen LogP contribution in [0.3, 0.4) is 0 Å². The first-order valence-corrected chi connectivity index (χ1v) is 4.16. The van der Waals surface area contributed by atoms with Gasteiger partial charge in [0.1, 0.15) is 5.75 Å². The summed E-state index contributed by atoms with van der Waals surface area (Å²) in [6.45, 7) is 0. The van der Waals surface area contributed by atoms with Gasteiger partial charge in [0.2, 0.25) is 0 Å². The van der Waals surface area contributed by atoms with E-state index in [-0.39, 0.29) is 0 Å². The number of carbonyl (C=O) groups is 1. The predicted octanol–water partition coefficient (Wildman–Crippen LogP) is 1.93. The highest BCUT2D eigenvalue weighted by Gasteiger charge is 1.96. The second-order valence-corrected chi connectivity index (χ2v) is 2.50. The van der Waals surface area contributed by atoms with Crippen molar-refractivity contribution in [2.45, 2.75) is 0 Å². The van der Waals surface area contributed by atoms with Crippen LogP contribution in [0, 0.1) is 4.91 Å². The molecular weight excluding hydrogens is 214 g/mol. The van der Waals surface area contributed by atoms with Gasteiger partial charge in [-0.05, 0) is 12.1 Å². The highest BCUT2D eigenvalue weighted by molar-refractivity contribution is 5.85. The summed E-state index contributed by atoms with van der Waals surface area (Å²) in [7, 11) is 1.55. The average Bonchev–Trinajstić information content (AvgIpc) is 2.27. The van der Waals surface area contributed by atoms with Crippen LogP contribution in [0.1, 0.15) is 5.56 Å². The molecule has 0 unspecified atom stereocenters. The Morgan fingerprint density at radius 1 is 1.44 bits per heavy atom. The molecule has 0 aromatic heterocycles. The lowest BCUT2D eigenvalue weighted by atomic mass is 10.2. The zero-order valence-corrected chi connectivity index (χ0v) is 8.53. The lowest BCUT2D eigenvalue weighted by Crippen LogP contribution is -1.88. The summed E-state index contributed by atoms with van der Waals surface area (Å²) < 4.78 is 5.03. The summed E-state index contributed by atoms with van der Waals surface area (Å²) in [5.74, 6) is -0.300. The molecule has 0 radical (unpaired) electrons. The van der Waals surface area contributed by atoms with Gasteiger partial charge in [0, 0.05) is 11.6 Å². The lowest BCUT2D eigenvalue weighted by molar-refractivity contribution is -0.131. The molecule has 16 heavy (non-hydrogen) atoms. The minimum atomic E-state index is -0.967. The van der Waals surface area contributed by atoms with Gasteiger partial charge in [0.15, 0.2) is 5.34 Å². The molecule has 0 saturated heterocycles. The number of carboxylic acids is 1. The van der Waals surface area contributed by atoms with E-state index in [1.54, 1.807) is 19.2 Å². The van der Waals surface area contributed by atoms with E-state index < -0.39 is 5.97 Å².